The third-order valence-electron chi connectivity index (χ3n) is 3.09. The molecule has 0 saturated heterocycles. The molecule has 0 bridgehead atoms. The molecule has 0 aromatic carbocycles. The number of aromatic nitrogens is 2. The Balaban J connectivity index is 2.25. The highest BCUT2D eigenvalue weighted by molar-refractivity contribution is 6.34. The molecule has 1 atom stereocenters. The van der Waals surface area contributed by atoms with Gasteiger partial charge in [0, 0.05) is 12.4 Å². The van der Waals surface area contributed by atoms with Crippen LogP contribution in [0.1, 0.15) is 30.6 Å². The lowest BCUT2D eigenvalue weighted by molar-refractivity contribution is 0.518. The van der Waals surface area contributed by atoms with E-state index in [1.54, 1.807) is 18.5 Å². The molecule has 1 unspecified atom stereocenters. The number of nitrogens with one attached hydrogen (secondary N) is 1. The first kappa shape index (κ1) is 16.0. The SMILES string of the molecule is CCCNC(Cc1ccnc(N)c1)c1ncc(Cl)cc1Cl. The molecule has 0 radical (unpaired) electrons. The standard InChI is InChI=1S/C15H18Cl2N4/c1-2-4-19-13(6-10-3-5-20-14(18)7-10)15-12(17)8-11(16)9-21-15/h3,5,7-9,13,19H,2,4,6H2,1H3,(H2,18,20). The number of anilines is 1. The van der Waals surface area contributed by atoms with Gasteiger partial charge >= 0.3 is 0 Å². The maximum Gasteiger partial charge on any atom is 0.123 e. The minimum atomic E-state index is 0.0107. The summed E-state index contributed by atoms with van der Waals surface area (Å²) >= 11 is 12.2. The van der Waals surface area contributed by atoms with Gasteiger partial charge in [0.2, 0.25) is 0 Å². The lowest BCUT2D eigenvalue weighted by Crippen LogP contribution is -2.25. The summed E-state index contributed by atoms with van der Waals surface area (Å²) in [6.07, 6.45) is 5.09. The summed E-state index contributed by atoms with van der Waals surface area (Å²) in [5.74, 6) is 0.511. The third kappa shape index (κ3) is 4.56. The first-order valence-electron chi connectivity index (χ1n) is 6.85. The van der Waals surface area contributed by atoms with Crippen molar-refractivity contribution in [2.45, 2.75) is 25.8 Å². The average Bonchev–Trinajstić information content (AvgIpc) is 2.44. The number of rotatable bonds is 6. The molecule has 0 aliphatic heterocycles. The summed E-state index contributed by atoms with van der Waals surface area (Å²) in [5.41, 5.74) is 7.62. The normalized spacial score (nSPS) is 12.3. The van der Waals surface area contributed by atoms with E-state index in [0.717, 1.165) is 30.6 Å². The summed E-state index contributed by atoms with van der Waals surface area (Å²) in [6.45, 7) is 3.00. The molecule has 0 spiro atoms. The molecule has 2 heterocycles. The molecule has 0 saturated carbocycles. The zero-order valence-corrected chi connectivity index (χ0v) is 13.3. The highest BCUT2D eigenvalue weighted by atomic mass is 35.5. The molecule has 4 nitrogen and oxygen atoms in total. The maximum absolute atomic E-state index is 6.28. The number of pyridine rings is 2. The van der Waals surface area contributed by atoms with Gasteiger partial charge in [0.15, 0.2) is 0 Å². The van der Waals surface area contributed by atoms with Crippen LogP contribution in [0.4, 0.5) is 5.82 Å². The van der Waals surface area contributed by atoms with Crippen molar-refractivity contribution in [2.24, 2.45) is 0 Å². The van der Waals surface area contributed by atoms with Crippen LogP contribution in [0.25, 0.3) is 0 Å². The topological polar surface area (TPSA) is 63.8 Å². The smallest absolute Gasteiger partial charge is 0.123 e. The van der Waals surface area contributed by atoms with E-state index in [0.29, 0.717) is 15.9 Å². The zero-order chi connectivity index (χ0) is 15.2. The highest BCUT2D eigenvalue weighted by Gasteiger charge is 2.17. The van der Waals surface area contributed by atoms with Crippen LogP contribution in [0.3, 0.4) is 0 Å². The zero-order valence-electron chi connectivity index (χ0n) is 11.8. The minimum Gasteiger partial charge on any atom is -0.384 e. The second-order valence-electron chi connectivity index (χ2n) is 4.82. The van der Waals surface area contributed by atoms with Gasteiger partial charge in [-0.3, -0.25) is 4.98 Å². The predicted molar refractivity (Wildman–Crippen MR) is 87.6 cm³/mol. The quantitative estimate of drug-likeness (QED) is 0.851. The van der Waals surface area contributed by atoms with Gasteiger partial charge in [0.1, 0.15) is 5.82 Å². The summed E-state index contributed by atoms with van der Waals surface area (Å²) in [6, 6.07) is 5.54. The van der Waals surface area contributed by atoms with Gasteiger partial charge in [-0.25, -0.2) is 4.98 Å². The van der Waals surface area contributed by atoms with Crippen molar-refractivity contribution in [3.63, 3.8) is 0 Å². The molecule has 2 rings (SSSR count). The lowest BCUT2D eigenvalue weighted by atomic mass is 10.0. The molecule has 6 heteroatoms. The van der Waals surface area contributed by atoms with Crippen molar-refractivity contribution in [3.05, 3.63) is 51.9 Å². The van der Waals surface area contributed by atoms with Gasteiger partial charge in [-0.2, -0.15) is 0 Å². The van der Waals surface area contributed by atoms with Gasteiger partial charge in [-0.05, 0) is 43.1 Å². The molecule has 0 fully saturated rings. The number of halogens is 2. The molecule has 0 amide bonds. The lowest BCUT2D eigenvalue weighted by Gasteiger charge is -2.19. The summed E-state index contributed by atoms with van der Waals surface area (Å²) in [4.78, 5) is 8.39. The second kappa shape index (κ2) is 7.59. The Morgan fingerprint density at radius 3 is 2.76 bits per heavy atom. The van der Waals surface area contributed by atoms with Gasteiger partial charge < -0.3 is 11.1 Å². The molecule has 112 valence electrons. The molecule has 21 heavy (non-hydrogen) atoms. The Bertz CT molecular complexity index is 604. The van der Waals surface area contributed by atoms with E-state index in [-0.39, 0.29) is 6.04 Å². The minimum absolute atomic E-state index is 0.0107. The van der Waals surface area contributed by atoms with Gasteiger partial charge in [0.25, 0.3) is 0 Å². The van der Waals surface area contributed by atoms with E-state index in [1.807, 2.05) is 12.1 Å². The van der Waals surface area contributed by atoms with Crippen LogP contribution in [0, 0.1) is 0 Å². The van der Waals surface area contributed by atoms with E-state index in [9.17, 15) is 0 Å². The molecular formula is C15H18Cl2N4. The first-order valence-corrected chi connectivity index (χ1v) is 7.60. The van der Waals surface area contributed by atoms with Crippen LogP contribution in [-0.4, -0.2) is 16.5 Å². The largest absolute Gasteiger partial charge is 0.384 e. The Kier molecular flexibility index (Phi) is 5.79. The number of hydrogen-bond acceptors (Lipinski definition) is 4. The summed E-state index contributed by atoms with van der Waals surface area (Å²) < 4.78 is 0. The maximum atomic E-state index is 6.28. The number of nitrogen functional groups attached to an aromatic ring is 1. The molecule has 3 N–H and O–H groups in total. The Morgan fingerprint density at radius 2 is 2.10 bits per heavy atom. The van der Waals surface area contributed by atoms with E-state index in [4.69, 9.17) is 28.9 Å². The molecule has 2 aromatic rings. The predicted octanol–water partition coefficient (Wildman–Crippen LogP) is 3.65. The molecule has 2 aromatic heterocycles. The number of nitrogens with zero attached hydrogens (tertiary/aromatic N) is 2. The summed E-state index contributed by atoms with van der Waals surface area (Å²) in [7, 11) is 0. The van der Waals surface area contributed by atoms with Crippen molar-refractivity contribution in [1.29, 1.82) is 0 Å². The van der Waals surface area contributed by atoms with Crippen LogP contribution < -0.4 is 11.1 Å². The fourth-order valence-electron chi connectivity index (χ4n) is 2.12. The highest BCUT2D eigenvalue weighted by Crippen LogP contribution is 2.26. The van der Waals surface area contributed by atoms with Crippen molar-refractivity contribution in [2.75, 3.05) is 12.3 Å². The first-order chi connectivity index (χ1) is 10.1. The van der Waals surface area contributed by atoms with E-state index >= 15 is 0 Å². The van der Waals surface area contributed by atoms with Gasteiger partial charge in [-0.15, -0.1) is 0 Å². The van der Waals surface area contributed by atoms with Crippen LogP contribution >= 0.6 is 23.2 Å². The van der Waals surface area contributed by atoms with Crippen LogP contribution in [0.15, 0.2) is 30.6 Å². The van der Waals surface area contributed by atoms with Crippen molar-refractivity contribution < 1.29 is 0 Å². The van der Waals surface area contributed by atoms with Crippen LogP contribution in [-0.2, 0) is 6.42 Å². The fourth-order valence-corrected chi connectivity index (χ4v) is 2.63. The Labute approximate surface area is 134 Å². The summed E-state index contributed by atoms with van der Waals surface area (Å²) in [5, 5.41) is 4.56. The monoisotopic (exact) mass is 324 g/mol. The Morgan fingerprint density at radius 1 is 1.29 bits per heavy atom. The van der Waals surface area contributed by atoms with Crippen LogP contribution in [0.2, 0.25) is 10.0 Å². The van der Waals surface area contributed by atoms with Crippen LogP contribution in [0.5, 0.6) is 0 Å². The van der Waals surface area contributed by atoms with Crippen molar-refractivity contribution >= 4 is 29.0 Å². The molecule has 0 aliphatic carbocycles. The second-order valence-corrected chi connectivity index (χ2v) is 5.66. The van der Waals surface area contributed by atoms with E-state index in [2.05, 4.69) is 22.2 Å². The number of nitrogens with two attached hydrogens (primary N) is 1. The van der Waals surface area contributed by atoms with Gasteiger partial charge in [0.05, 0.1) is 21.8 Å². The van der Waals surface area contributed by atoms with Gasteiger partial charge in [-0.1, -0.05) is 30.1 Å². The Hall–Kier alpha value is -1.36. The van der Waals surface area contributed by atoms with E-state index < -0.39 is 0 Å². The number of hydrogen-bond donors (Lipinski definition) is 2. The molecule has 0 aliphatic rings. The van der Waals surface area contributed by atoms with Crippen molar-refractivity contribution in [1.82, 2.24) is 15.3 Å². The molecular weight excluding hydrogens is 307 g/mol. The van der Waals surface area contributed by atoms with Crippen molar-refractivity contribution in [3.8, 4) is 0 Å². The van der Waals surface area contributed by atoms with E-state index in [1.165, 1.54) is 0 Å². The average molecular weight is 325 g/mol. The third-order valence-corrected chi connectivity index (χ3v) is 3.60. The fraction of sp³-hybridized carbons (Fsp3) is 0.333.